The maximum absolute atomic E-state index is 12.7. The largest absolute Gasteiger partial charge is 0.370 e. The summed E-state index contributed by atoms with van der Waals surface area (Å²) >= 11 is 3.57. The quantitative estimate of drug-likeness (QED) is 0.291. The summed E-state index contributed by atoms with van der Waals surface area (Å²) in [7, 11) is 0. The number of hydrogen-bond acceptors (Lipinski definition) is 4. The Labute approximate surface area is 214 Å². The molecule has 0 saturated heterocycles. The van der Waals surface area contributed by atoms with Gasteiger partial charge >= 0.3 is 0 Å². The predicted octanol–water partition coefficient (Wildman–Crippen LogP) is 5.58. The average molecular weight is 532 g/mol. The molecule has 1 aliphatic carbocycles. The molecule has 0 aliphatic heterocycles. The summed E-state index contributed by atoms with van der Waals surface area (Å²) in [6, 6.07) is 18.8. The van der Waals surface area contributed by atoms with Crippen LogP contribution in [0.15, 0.2) is 65.3 Å². The van der Waals surface area contributed by atoms with E-state index in [2.05, 4.69) is 81.1 Å². The molecule has 2 aromatic carbocycles. The van der Waals surface area contributed by atoms with Crippen LogP contribution in [0.5, 0.6) is 0 Å². The van der Waals surface area contributed by atoms with Gasteiger partial charge in [-0.05, 0) is 71.6 Å². The van der Waals surface area contributed by atoms with Crippen molar-refractivity contribution in [3.8, 4) is 11.3 Å². The van der Waals surface area contributed by atoms with E-state index >= 15 is 0 Å². The molecule has 2 N–H and O–H groups in total. The number of anilines is 1. The average Bonchev–Trinajstić information content (AvgIpc) is 3.26. The van der Waals surface area contributed by atoms with E-state index in [4.69, 9.17) is 4.98 Å². The monoisotopic (exact) mass is 531 g/mol. The highest BCUT2D eigenvalue weighted by atomic mass is 79.9. The van der Waals surface area contributed by atoms with Gasteiger partial charge in [0.25, 0.3) is 0 Å². The minimum atomic E-state index is 0.0891. The number of benzene rings is 2. The summed E-state index contributed by atoms with van der Waals surface area (Å²) in [4.78, 5) is 17.5. The first kappa shape index (κ1) is 23.5. The van der Waals surface area contributed by atoms with Crippen molar-refractivity contribution in [2.45, 2.75) is 39.0 Å². The molecule has 1 atom stereocenters. The van der Waals surface area contributed by atoms with Gasteiger partial charge < -0.3 is 10.6 Å². The number of nitrogens with zero attached hydrogens (tertiary/aromatic N) is 3. The highest BCUT2D eigenvalue weighted by Crippen LogP contribution is 2.28. The lowest BCUT2D eigenvalue weighted by atomic mass is 9.83. The Balaban J connectivity index is 1.14. The van der Waals surface area contributed by atoms with Gasteiger partial charge in [-0.2, -0.15) is 9.61 Å². The van der Waals surface area contributed by atoms with Crippen molar-refractivity contribution in [2.24, 2.45) is 5.92 Å². The highest BCUT2D eigenvalue weighted by Gasteiger charge is 2.24. The molecule has 0 fully saturated rings. The van der Waals surface area contributed by atoms with Gasteiger partial charge in [-0.3, -0.25) is 4.79 Å². The summed E-state index contributed by atoms with van der Waals surface area (Å²) < 4.78 is 2.69. The summed E-state index contributed by atoms with van der Waals surface area (Å²) in [5.74, 6) is 1.18. The first-order valence-electron chi connectivity index (χ1n) is 12.3. The number of hydrogen-bond donors (Lipinski definition) is 2. The zero-order valence-corrected chi connectivity index (χ0v) is 21.5. The summed E-state index contributed by atoms with van der Waals surface area (Å²) in [5, 5.41) is 11.1. The normalized spacial score (nSPS) is 15.1. The first-order chi connectivity index (χ1) is 17.1. The molecule has 0 saturated carbocycles. The lowest BCUT2D eigenvalue weighted by Crippen LogP contribution is -2.34. The molecular weight excluding hydrogens is 502 g/mol. The minimum Gasteiger partial charge on any atom is -0.370 e. The van der Waals surface area contributed by atoms with Gasteiger partial charge in [-0.15, -0.1) is 0 Å². The number of rotatable bonds is 8. The van der Waals surface area contributed by atoms with Crippen molar-refractivity contribution in [1.29, 1.82) is 0 Å². The number of carbonyl (C=O) groups excluding carboxylic acids is 1. The van der Waals surface area contributed by atoms with Gasteiger partial charge in [0.1, 0.15) is 5.82 Å². The second kappa shape index (κ2) is 10.6. The lowest BCUT2D eigenvalue weighted by molar-refractivity contribution is -0.125. The van der Waals surface area contributed by atoms with Crippen LogP contribution in [0.2, 0.25) is 0 Å². The van der Waals surface area contributed by atoms with Crippen LogP contribution in [-0.4, -0.2) is 33.6 Å². The highest BCUT2D eigenvalue weighted by molar-refractivity contribution is 9.10. The zero-order chi connectivity index (χ0) is 24.2. The fourth-order valence-corrected chi connectivity index (χ4v) is 5.15. The smallest absolute Gasteiger partial charge is 0.223 e. The number of unbranched alkanes of at least 4 members (excludes halogenated alkanes) is 1. The summed E-state index contributed by atoms with van der Waals surface area (Å²) in [5.41, 5.74) is 6.71. The van der Waals surface area contributed by atoms with Gasteiger partial charge in [-0.25, -0.2) is 4.98 Å². The van der Waals surface area contributed by atoms with Crippen LogP contribution in [0.3, 0.4) is 0 Å². The topological polar surface area (TPSA) is 71.3 Å². The molecule has 6 nitrogen and oxygen atoms in total. The Bertz CT molecular complexity index is 1350. The number of aromatic nitrogens is 3. The molecule has 180 valence electrons. The summed E-state index contributed by atoms with van der Waals surface area (Å²) in [6.07, 6.45) is 6.42. The number of carbonyl (C=O) groups is 1. The van der Waals surface area contributed by atoms with E-state index in [9.17, 15) is 4.79 Å². The molecular formula is C28H30BrN5O. The third kappa shape index (κ3) is 5.25. The fourth-order valence-electron chi connectivity index (χ4n) is 4.80. The molecule has 1 amide bonds. The Morgan fingerprint density at radius 1 is 1.09 bits per heavy atom. The van der Waals surface area contributed by atoms with E-state index in [1.165, 1.54) is 16.7 Å². The molecule has 0 bridgehead atoms. The van der Waals surface area contributed by atoms with E-state index < -0.39 is 0 Å². The second-order valence-electron chi connectivity index (χ2n) is 9.20. The zero-order valence-electron chi connectivity index (χ0n) is 19.9. The molecule has 1 unspecified atom stereocenters. The molecule has 0 radical (unpaired) electrons. The van der Waals surface area contributed by atoms with Gasteiger partial charge in [0.2, 0.25) is 5.91 Å². The second-order valence-corrected chi connectivity index (χ2v) is 10.1. The number of nitrogens with one attached hydrogen (secondary N) is 2. The SMILES string of the molecule is Cc1ccccc1-c1cc(NCCCCNC(=O)C2CCc3ccccc3C2)n2ncc(Br)c2n1. The van der Waals surface area contributed by atoms with Crippen LogP contribution in [0.25, 0.3) is 16.9 Å². The van der Waals surface area contributed by atoms with Crippen LogP contribution in [0.1, 0.15) is 36.0 Å². The number of halogens is 1. The van der Waals surface area contributed by atoms with E-state index in [0.29, 0.717) is 6.54 Å². The predicted molar refractivity (Wildman–Crippen MR) is 144 cm³/mol. The van der Waals surface area contributed by atoms with Gasteiger partial charge in [-0.1, -0.05) is 48.5 Å². The molecule has 2 heterocycles. The molecule has 5 rings (SSSR count). The van der Waals surface area contributed by atoms with Crippen LogP contribution < -0.4 is 10.6 Å². The number of fused-ring (bicyclic) bond motifs is 2. The van der Waals surface area contributed by atoms with Crippen LogP contribution >= 0.6 is 15.9 Å². The molecule has 35 heavy (non-hydrogen) atoms. The van der Waals surface area contributed by atoms with E-state index in [-0.39, 0.29) is 11.8 Å². The maximum atomic E-state index is 12.7. The van der Waals surface area contributed by atoms with Crippen molar-refractivity contribution in [1.82, 2.24) is 19.9 Å². The Kier molecular flexibility index (Phi) is 7.13. The minimum absolute atomic E-state index is 0.0891. The van der Waals surface area contributed by atoms with Crippen molar-refractivity contribution in [3.63, 3.8) is 0 Å². The van der Waals surface area contributed by atoms with Crippen LogP contribution in [-0.2, 0) is 17.6 Å². The Morgan fingerprint density at radius 2 is 1.86 bits per heavy atom. The molecule has 0 spiro atoms. The first-order valence-corrected chi connectivity index (χ1v) is 13.1. The molecule has 7 heteroatoms. The van der Waals surface area contributed by atoms with Crippen molar-refractivity contribution in [2.75, 3.05) is 18.4 Å². The van der Waals surface area contributed by atoms with Crippen molar-refractivity contribution >= 4 is 33.3 Å². The maximum Gasteiger partial charge on any atom is 0.223 e. The molecule has 2 aromatic heterocycles. The molecule has 4 aromatic rings. The number of amides is 1. The standard InChI is InChI=1S/C28H30BrN5O/c1-19-8-2-5-11-23(19)25-17-26(34-27(33-25)24(29)18-32-34)30-14-6-7-15-31-28(35)22-13-12-20-9-3-4-10-21(20)16-22/h2-5,8-11,17-18,22,30H,6-7,12-16H2,1H3,(H,31,35). The van der Waals surface area contributed by atoms with E-state index in [1.54, 1.807) is 6.20 Å². The third-order valence-corrected chi connectivity index (χ3v) is 7.34. The van der Waals surface area contributed by atoms with Crippen LogP contribution in [0.4, 0.5) is 5.82 Å². The Hall–Kier alpha value is -3.19. The van der Waals surface area contributed by atoms with Crippen molar-refractivity contribution < 1.29 is 4.79 Å². The third-order valence-electron chi connectivity index (χ3n) is 6.78. The van der Waals surface area contributed by atoms with Crippen LogP contribution in [0, 0.1) is 12.8 Å². The Morgan fingerprint density at radius 3 is 2.71 bits per heavy atom. The molecule has 1 aliphatic rings. The lowest BCUT2D eigenvalue weighted by Gasteiger charge is -2.23. The number of aryl methyl sites for hydroxylation is 2. The van der Waals surface area contributed by atoms with E-state index in [0.717, 1.165) is 65.8 Å². The van der Waals surface area contributed by atoms with Crippen molar-refractivity contribution in [3.05, 3.63) is 82.0 Å². The van der Waals surface area contributed by atoms with E-state index in [1.807, 2.05) is 16.6 Å². The fraction of sp³-hybridized carbons (Fsp3) is 0.321. The van der Waals surface area contributed by atoms with Gasteiger partial charge in [0.05, 0.1) is 16.4 Å². The summed E-state index contributed by atoms with van der Waals surface area (Å²) in [6.45, 7) is 3.59. The van der Waals surface area contributed by atoms with Gasteiger partial charge in [0.15, 0.2) is 5.65 Å². The van der Waals surface area contributed by atoms with Gasteiger partial charge in [0, 0.05) is 30.6 Å².